The van der Waals surface area contributed by atoms with E-state index in [-0.39, 0.29) is 42.6 Å². The standard InChI is InChI=1S/C20H28O8/c1-12(27-17(24)11-20(2,26)8-9-21)4-3-5-13-10-14-15(22)6-7-16(23)18(14)19(25)28-13/h6-7,12-13,21-23,26H,3-5,8-11H2,1-2H3/t12-,13+,20+/m0/s1. The summed E-state index contributed by atoms with van der Waals surface area (Å²) in [6.45, 7) is 2.99. The monoisotopic (exact) mass is 396 g/mol. The Morgan fingerprint density at radius 2 is 2.04 bits per heavy atom. The third-order valence-electron chi connectivity index (χ3n) is 4.82. The Hall–Kier alpha value is -2.32. The van der Waals surface area contributed by atoms with Crippen LogP contribution in [-0.2, 0) is 20.7 Å². The van der Waals surface area contributed by atoms with Crippen LogP contribution < -0.4 is 0 Å². The van der Waals surface area contributed by atoms with Crippen molar-refractivity contribution in [2.75, 3.05) is 6.61 Å². The first-order valence-corrected chi connectivity index (χ1v) is 9.40. The minimum atomic E-state index is -1.30. The van der Waals surface area contributed by atoms with Gasteiger partial charge >= 0.3 is 11.9 Å². The number of ether oxygens (including phenoxy) is 2. The van der Waals surface area contributed by atoms with Gasteiger partial charge in [-0.1, -0.05) is 0 Å². The number of hydrogen-bond donors (Lipinski definition) is 4. The molecule has 8 heteroatoms. The molecule has 1 aromatic rings. The van der Waals surface area contributed by atoms with Gasteiger partial charge in [0.2, 0.25) is 0 Å². The number of fused-ring (bicyclic) bond motifs is 1. The van der Waals surface area contributed by atoms with Crippen LogP contribution >= 0.6 is 0 Å². The molecule has 0 unspecified atom stereocenters. The van der Waals surface area contributed by atoms with E-state index in [1.54, 1.807) is 6.92 Å². The second-order valence-corrected chi connectivity index (χ2v) is 7.57. The molecule has 0 saturated heterocycles. The maximum absolute atomic E-state index is 12.1. The van der Waals surface area contributed by atoms with Gasteiger partial charge in [-0.15, -0.1) is 0 Å². The molecule has 0 radical (unpaired) electrons. The van der Waals surface area contributed by atoms with E-state index in [4.69, 9.17) is 14.6 Å². The molecular formula is C20H28O8. The Kier molecular flexibility index (Phi) is 7.26. The second kappa shape index (κ2) is 9.25. The molecule has 8 nitrogen and oxygen atoms in total. The summed E-state index contributed by atoms with van der Waals surface area (Å²) in [5.74, 6) is -1.46. The molecule has 0 aromatic heterocycles. The lowest BCUT2D eigenvalue weighted by molar-refractivity contribution is -0.154. The maximum atomic E-state index is 12.1. The lowest BCUT2D eigenvalue weighted by atomic mass is 9.94. The Morgan fingerprint density at radius 3 is 2.71 bits per heavy atom. The number of rotatable bonds is 9. The topological polar surface area (TPSA) is 134 Å². The summed E-state index contributed by atoms with van der Waals surface area (Å²) in [4.78, 5) is 24.0. The van der Waals surface area contributed by atoms with Crippen molar-refractivity contribution in [2.24, 2.45) is 0 Å². The lowest BCUT2D eigenvalue weighted by Gasteiger charge is -2.26. The van der Waals surface area contributed by atoms with Crippen molar-refractivity contribution in [3.05, 3.63) is 23.3 Å². The normalized spacial score (nSPS) is 19.3. The predicted molar refractivity (Wildman–Crippen MR) is 99.0 cm³/mol. The average molecular weight is 396 g/mol. The Labute approximate surface area is 163 Å². The highest BCUT2D eigenvalue weighted by atomic mass is 16.5. The fraction of sp³-hybridized carbons (Fsp3) is 0.600. The lowest BCUT2D eigenvalue weighted by Crippen LogP contribution is -2.31. The molecule has 156 valence electrons. The molecule has 0 spiro atoms. The fourth-order valence-electron chi connectivity index (χ4n) is 3.30. The van der Waals surface area contributed by atoms with Crippen molar-refractivity contribution in [2.45, 2.75) is 70.2 Å². The largest absolute Gasteiger partial charge is 0.508 e. The Bertz CT molecular complexity index is 712. The molecule has 0 saturated carbocycles. The summed E-state index contributed by atoms with van der Waals surface area (Å²) in [5, 5.41) is 38.6. The van der Waals surface area contributed by atoms with Crippen LogP contribution in [0.15, 0.2) is 12.1 Å². The van der Waals surface area contributed by atoms with E-state index < -0.39 is 23.6 Å². The van der Waals surface area contributed by atoms with Crippen molar-refractivity contribution in [3.8, 4) is 11.5 Å². The molecule has 0 aliphatic carbocycles. The van der Waals surface area contributed by atoms with E-state index in [1.807, 2.05) is 0 Å². The molecule has 0 amide bonds. The molecule has 2 rings (SSSR count). The van der Waals surface area contributed by atoms with Crippen molar-refractivity contribution < 1.29 is 39.5 Å². The van der Waals surface area contributed by atoms with Crippen LogP contribution in [0, 0.1) is 0 Å². The summed E-state index contributed by atoms with van der Waals surface area (Å²) in [7, 11) is 0. The van der Waals surface area contributed by atoms with Crippen LogP contribution in [-0.4, -0.2) is 56.8 Å². The van der Waals surface area contributed by atoms with Gasteiger partial charge in [-0.25, -0.2) is 4.79 Å². The quantitative estimate of drug-likeness (QED) is 0.367. The molecular weight excluding hydrogens is 368 g/mol. The van der Waals surface area contributed by atoms with Gasteiger partial charge in [0.1, 0.15) is 23.2 Å². The van der Waals surface area contributed by atoms with Crippen molar-refractivity contribution in [1.29, 1.82) is 0 Å². The summed E-state index contributed by atoms with van der Waals surface area (Å²) < 4.78 is 10.6. The summed E-state index contributed by atoms with van der Waals surface area (Å²) in [6, 6.07) is 2.60. The second-order valence-electron chi connectivity index (χ2n) is 7.57. The van der Waals surface area contributed by atoms with Crippen LogP contribution in [0.25, 0.3) is 0 Å². The maximum Gasteiger partial charge on any atom is 0.342 e. The molecule has 28 heavy (non-hydrogen) atoms. The van der Waals surface area contributed by atoms with Gasteiger partial charge in [0.25, 0.3) is 0 Å². The van der Waals surface area contributed by atoms with Gasteiger partial charge in [0.15, 0.2) is 0 Å². The highest BCUT2D eigenvalue weighted by molar-refractivity contribution is 5.96. The first kappa shape index (κ1) is 22.0. The number of aromatic hydroxyl groups is 2. The number of carbonyl (C=O) groups excluding carboxylic acids is 2. The fourth-order valence-corrected chi connectivity index (χ4v) is 3.30. The van der Waals surface area contributed by atoms with Crippen LogP contribution in [0.4, 0.5) is 0 Å². The van der Waals surface area contributed by atoms with E-state index in [9.17, 15) is 24.9 Å². The van der Waals surface area contributed by atoms with Crippen LogP contribution in [0.5, 0.6) is 11.5 Å². The summed E-state index contributed by atoms with van der Waals surface area (Å²) in [6.07, 6.45) is 1.08. The third-order valence-corrected chi connectivity index (χ3v) is 4.82. The number of phenols is 2. The van der Waals surface area contributed by atoms with E-state index in [0.717, 1.165) is 0 Å². The van der Waals surface area contributed by atoms with Gasteiger partial charge in [-0.2, -0.15) is 0 Å². The number of cyclic esters (lactones) is 1. The first-order chi connectivity index (χ1) is 13.1. The number of phenolic OH excluding ortho intramolecular Hbond substituents is 2. The van der Waals surface area contributed by atoms with Crippen molar-refractivity contribution in [3.63, 3.8) is 0 Å². The van der Waals surface area contributed by atoms with Crippen LogP contribution in [0.1, 0.15) is 61.9 Å². The smallest absolute Gasteiger partial charge is 0.342 e. The average Bonchev–Trinajstić information content (AvgIpc) is 2.57. The number of carbonyl (C=O) groups is 2. The van der Waals surface area contributed by atoms with Crippen molar-refractivity contribution in [1.82, 2.24) is 0 Å². The van der Waals surface area contributed by atoms with E-state index in [2.05, 4.69) is 0 Å². The molecule has 1 aromatic carbocycles. The number of benzene rings is 1. The first-order valence-electron chi connectivity index (χ1n) is 9.40. The van der Waals surface area contributed by atoms with Crippen molar-refractivity contribution >= 4 is 11.9 Å². The SMILES string of the molecule is C[C@@H](CCC[C@@H]1Cc2c(O)ccc(O)c2C(=O)O1)OC(=O)C[C@](C)(O)CCO. The van der Waals surface area contributed by atoms with E-state index >= 15 is 0 Å². The zero-order valence-corrected chi connectivity index (χ0v) is 16.2. The predicted octanol–water partition coefficient (Wildman–Crippen LogP) is 1.80. The highest BCUT2D eigenvalue weighted by Crippen LogP contribution is 2.35. The molecule has 1 heterocycles. The zero-order valence-electron chi connectivity index (χ0n) is 16.2. The zero-order chi connectivity index (χ0) is 20.9. The molecule has 4 N–H and O–H groups in total. The van der Waals surface area contributed by atoms with Crippen LogP contribution in [0.3, 0.4) is 0 Å². The number of aliphatic hydroxyl groups is 2. The summed E-state index contributed by atoms with van der Waals surface area (Å²) >= 11 is 0. The van der Waals surface area contributed by atoms with Gasteiger partial charge in [-0.05, 0) is 51.7 Å². The molecule has 3 atom stereocenters. The summed E-state index contributed by atoms with van der Waals surface area (Å²) in [5.41, 5.74) is -0.914. The minimum absolute atomic E-state index is 0.00785. The highest BCUT2D eigenvalue weighted by Gasteiger charge is 2.31. The Balaban J connectivity index is 1.80. The number of aliphatic hydroxyl groups excluding tert-OH is 1. The Morgan fingerprint density at radius 1 is 1.36 bits per heavy atom. The van der Waals surface area contributed by atoms with E-state index in [1.165, 1.54) is 19.1 Å². The van der Waals surface area contributed by atoms with Gasteiger partial charge in [0.05, 0.1) is 18.1 Å². The number of esters is 2. The molecule has 0 bridgehead atoms. The number of hydrogen-bond acceptors (Lipinski definition) is 8. The molecule has 1 aliphatic rings. The van der Waals surface area contributed by atoms with Gasteiger partial charge in [0, 0.05) is 18.6 Å². The molecule has 0 fully saturated rings. The van der Waals surface area contributed by atoms with Gasteiger partial charge < -0.3 is 29.9 Å². The third kappa shape index (κ3) is 5.84. The van der Waals surface area contributed by atoms with Gasteiger partial charge in [-0.3, -0.25) is 4.79 Å². The molecule has 1 aliphatic heterocycles. The van der Waals surface area contributed by atoms with E-state index in [0.29, 0.717) is 31.2 Å². The van der Waals surface area contributed by atoms with Crippen LogP contribution in [0.2, 0.25) is 0 Å². The minimum Gasteiger partial charge on any atom is -0.508 e.